The van der Waals surface area contributed by atoms with Gasteiger partial charge in [0.15, 0.2) is 5.79 Å². The first-order valence-corrected chi connectivity index (χ1v) is 11.2. The van der Waals surface area contributed by atoms with E-state index in [4.69, 9.17) is 25.0 Å². The first-order chi connectivity index (χ1) is 15.1. The lowest BCUT2D eigenvalue weighted by Gasteiger charge is -2.22. The van der Waals surface area contributed by atoms with E-state index >= 15 is 0 Å². The number of nitrogens with zero attached hydrogens (tertiary/aromatic N) is 2. The second-order valence-electron chi connectivity index (χ2n) is 9.85. The number of aryl methyl sites for hydroxylation is 1. The van der Waals surface area contributed by atoms with Crippen LogP contribution in [0.25, 0.3) is 0 Å². The molecular weight excluding hydrogens is 408 g/mol. The molecule has 2 aliphatic rings. The van der Waals surface area contributed by atoms with Crippen LogP contribution in [0, 0.1) is 6.92 Å². The van der Waals surface area contributed by atoms with E-state index in [0.717, 1.165) is 36.1 Å². The Morgan fingerprint density at radius 3 is 2.69 bits per heavy atom. The van der Waals surface area contributed by atoms with Gasteiger partial charge in [0.1, 0.15) is 5.69 Å². The van der Waals surface area contributed by atoms with Crippen molar-refractivity contribution in [2.75, 3.05) is 31.4 Å². The summed E-state index contributed by atoms with van der Waals surface area (Å²) in [5, 5.41) is 7.86. The van der Waals surface area contributed by atoms with Crippen molar-refractivity contribution in [1.29, 1.82) is 0 Å². The number of aromatic nitrogens is 2. The second-order valence-corrected chi connectivity index (χ2v) is 9.85. The van der Waals surface area contributed by atoms with Gasteiger partial charge in [-0.3, -0.25) is 9.48 Å². The van der Waals surface area contributed by atoms with Gasteiger partial charge in [0.25, 0.3) is 5.91 Å². The highest BCUT2D eigenvalue weighted by Gasteiger charge is 2.45. The Labute approximate surface area is 189 Å². The molecule has 1 aliphatic heterocycles. The van der Waals surface area contributed by atoms with Crippen molar-refractivity contribution in [2.45, 2.75) is 70.8 Å². The fourth-order valence-electron chi connectivity index (χ4n) is 4.67. The van der Waals surface area contributed by atoms with Crippen molar-refractivity contribution in [1.82, 2.24) is 9.78 Å². The van der Waals surface area contributed by atoms with Crippen LogP contribution in [0.5, 0.6) is 0 Å². The highest BCUT2D eigenvalue weighted by Crippen LogP contribution is 2.45. The molecule has 3 N–H and O–H groups in total. The van der Waals surface area contributed by atoms with Crippen LogP contribution in [0.2, 0.25) is 0 Å². The molecule has 1 unspecified atom stereocenters. The van der Waals surface area contributed by atoms with Crippen LogP contribution in [0.15, 0.2) is 18.2 Å². The summed E-state index contributed by atoms with van der Waals surface area (Å²) in [5.41, 5.74) is 10.3. The Morgan fingerprint density at radius 1 is 1.31 bits per heavy atom. The molecule has 32 heavy (non-hydrogen) atoms. The van der Waals surface area contributed by atoms with E-state index < -0.39 is 5.79 Å². The minimum Gasteiger partial charge on any atom is -0.397 e. The molecule has 1 aromatic carbocycles. The van der Waals surface area contributed by atoms with E-state index in [0.29, 0.717) is 36.9 Å². The lowest BCUT2D eigenvalue weighted by molar-refractivity contribution is -0.151. The molecule has 174 valence electrons. The third-order valence-corrected chi connectivity index (χ3v) is 6.27. The number of carbonyl (C=O) groups is 1. The van der Waals surface area contributed by atoms with E-state index in [-0.39, 0.29) is 17.4 Å². The second kappa shape index (κ2) is 8.50. The first kappa shape index (κ1) is 22.8. The van der Waals surface area contributed by atoms with Crippen LogP contribution in [0.3, 0.4) is 0 Å². The molecule has 1 saturated heterocycles. The molecule has 4 rings (SSSR count). The summed E-state index contributed by atoms with van der Waals surface area (Å²) in [5.74, 6) is -0.521. The fraction of sp³-hybridized carbons (Fsp3) is 0.583. The molecule has 1 atom stereocenters. The topological polar surface area (TPSA) is 101 Å². The zero-order valence-electron chi connectivity index (χ0n) is 19.7. The number of hydrogen-bond acceptors (Lipinski definition) is 6. The van der Waals surface area contributed by atoms with Gasteiger partial charge in [0.05, 0.1) is 42.4 Å². The molecule has 1 saturated carbocycles. The maximum absolute atomic E-state index is 13.4. The van der Waals surface area contributed by atoms with Gasteiger partial charge in [-0.15, -0.1) is 0 Å². The Bertz CT molecular complexity index is 1000. The number of methoxy groups -OCH3 is 1. The molecule has 2 heterocycles. The van der Waals surface area contributed by atoms with E-state index in [1.54, 1.807) is 11.8 Å². The normalized spacial score (nSPS) is 20.2. The molecule has 1 spiro atoms. The van der Waals surface area contributed by atoms with Crippen LogP contribution < -0.4 is 11.1 Å². The third-order valence-electron chi connectivity index (χ3n) is 6.27. The standard InChI is InChI=1S/C24H34N4O4/c1-15-10-16(14-30-5)11-19(21(15)25)26-22(29)20-12-18(27-28(20)23(2,3)4)17-6-7-24(13-17)31-8-9-32-24/h10-12,17H,6-9,13-14,25H2,1-5H3,(H,26,29). The largest absolute Gasteiger partial charge is 0.397 e. The molecule has 2 fully saturated rings. The molecule has 8 nitrogen and oxygen atoms in total. The van der Waals surface area contributed by atoms with Crippen molar-refractivity contribution >= 4 is 17.3 Å². The van der Waals surface area contributed by atoms with Crippen LogP contribution in [-0.4, -0.2) is 41.8 Å². The molecule has 2 aromatic rings. The number of nitrogens with two attached hydrogens (primary N) is 1. The van der Waals surface area contributed by atoms with Crippen molar-refractivity contribution in [2.24, 2.45) is 0 Å². The summed E-state index contributed by atoms with van der Waals surface area (Å²) in [4.78, 5) is 13.4. The van der Waals surface area contributed by atoms with E-state index in [9.17, 15) is 4.79 Å². The quantitative estimate of drug-likeness (QED) is 0.681. The van der Waals surface area contributed by atoms with Gasteiger partial charge in [-0.2, -0.15) is 5.10 Å². The Hall–Kier alpha value is -2.42. The number of hydrogen-bond donors (Lipinski definition) is 2. The maximum atomic E-state index is 13.4. The molecule has 1 aliphatic carbocycles. The van der Waals surface area contributed by atoms with Crippen LogP contribution in [0.1, 0.15) is 73.3 Å². The highest BCUT2D eigenvalue weighted by atomic mass is 16.7. The number of benzene rings is 1. The minimum atomic E-state index is -0.480. The van der Waals surface area contributed by atoms with Gasteiger partial charge in [-0.05, 0) is 57.4 Å². The monoisotopic (exact) mass is 442 g/mol. The number of nitrogens with one attached hydrogen (secondary N) is 1. The summed E-state index contributed by atoms with van der Waals surface area (Å²) in [6.07, 6.45) is 2.54. The van der Waals surface area contributed by atoms with Crippen LogP contribution in [0.4, 0.5) is 11.4 Å². The van der Waals surface area contributed by atoms with Crippen molar-refractivity contribution in [3.8, 4) is 0 Å². The molecular formula is C24H34N4O4. The van der Waals surface area contributed by atoms with Crippen molar-refractivity contribution in [3.63, 3.8) is 0 Å². The smallest absolute Gasteiger partial charge is 0.274 e. The lowest BCUT2D eigenvalue weighted by Crippen LogP contribution is -2.29. The summed E-state index contributed by atoms with van der Waals surface area (Å²) < 4.78 is 18.8. The zero-order valence-corrected chi connectivity index (χ0v) is 19.7. The van der Waals surface area contributed by atoms with Gasteiger partial charge in [-0.1, -0.05) is 6.07 Å². The van der Waals surface area contributed by atoms with E-state index in [1.165, 1.54) is 0 Å². The number of carbonyl (C=O) groups excluding carboxylic acids is 1. The average molecular weight is 443 g/mol. The van der Waals surface area contributed by atoms with Gasteiger partial charge >= 0.3 is 0 Å². The Kier molecular flexibility index (Phi) is 6.04. The van der Waals surface area contributed by atoms with Gasteiger partial charge in [0, 0.05) is 25.9 Å². The lowest BCUT2D eigenvalue weighted by atomic mass is 10.0. The predicted octanol–water partition coefficient (Wildman–Crippen LogP) is 3.94. The van der Waals surface area contributed by atoms with Crippen molar-refractivity contribution in [3.05, 3.63) is 40.7 Å². The van der Waals surface area contributed by atoms with Crippen LogP contribution >= 0.6 is 0 Å². The van der Waals surface area contributed by atoms with Crippen molar-refractivity contribution < 1.29 is 19.0 Å². The van der Waals surface area contributed by atoms with Gasteiger partial charge < -0.3 is 25.3 Å². The summed E-state index contributed by atoms with van der Waals surface area (Å²) in [6, 6.07) is 5.73. The molecule has 8 heteroatoms. The molecule has 0 radical (unpaired) electrons. The molecule has 0 bridgehead atoms. The van der Waals surface area contributed by atoms with E-state index in [2.05, 4.69) is 5.32 Å². The maximum Gasteiger partial charge on any atom is 0.274 e. The third kappa shape index (κ3) is 4.40. The fourth-order valence-corrected chi connectivity index (χ4v) is 4.67. The number of ether oxygens (including phenoxy) is 3. The van der Waals surface area contributed by atoms with Gasteiger partial charge in [0.2, 0.25) is 0 Å². The number of nitrogen functional groups attached to an aromatic ring is 1. The number of amides is 1. The number of rotatable bonds is 5. The SMILES string of the molecule is COCc1cc(C)c(N)c(NC(=O)c2cc(C3CCC4(C3)OCCO4)nn2C(C)(C)C)c1. The summed E-state index contributed by atoms with van der Waals surface area (Å²) in [7, 11) is 1.64. The Morgan fingerprint density at radius 2 is 2.03 bits per heavy atom. The molecule has 1 aromatic heterocycles. The van der Waals surface area contributed by atoms with E-state index in [1.807, 2.05) is 45.9 Å². The number of anilines is 2. The average Bonchev–Trinajstić information content (AvgIpc) is 3.46. The van der Waals surface area contributed by atoms with Crippen LogP contribution in [-0.2, 0) is 26.4 Å². The predicted molar refractivity (Wildman–Crippen MR) is 123 cm³/mol. The minimum absolute atomic E-state index is 0.195. The first-order valence-electron chi connectivity index (χ1n) is 11.2. The highest BCUT2D eigenvalue weighted by molar-refractivity contribution is 6.05. The summed E-state index contributed by atoms with van der Waals surface area (Å²) >= 11 is 0. The zero-order chi connectivity index (χ0) is 23.1. The Balaban J connectivity index is 1.62. The van der Waals surface area contributed by atoms with Gasteiger partial charge in [-0.25, -0.2) is 0 Å². The summed E-state index contributed by atoms with van der Waals surface area (Å²) in [6.45, 7) is 9.76. The molecule has 1 amide bonds.